The second kappa shape index (κ2) is 9.44. The van der Waals surface area contributed by atoms with Crippen LogP contribution >= 0.6 is 46.3 Å². The molecule has 0 heterocycles. The predicted octanol–water partition coefficient (Wildman–Crippen LogP) is 7.47. The Bertz CT molecular complexity index is 901. The molecule has 0 aliphatic rings. The van der Waals surface area contributed by atoms with Crippen LogP contribution in [-0.4, -0.2) is 0 Å². The van der Waals surface area contributed by atoms with E-state index < -0.39 is 7.82 Å². The summed E-state index contributed by atoms with van der Waals surface area (Å²) in [7, 11) is -4.00. The van der Waals surface area contributed by atoms with Gasteiger partial charge in [0.2, 0.25) is 0 Å². The first-order chi connectivity index (χ1) is 13.1. The average molecular weight is 557 g/mol. The van der Waals surface area contributed by atoms with Crippen molar-refractivity contribution < 1.29 is 18.1 Å². The summed E-state index contributed by atoms with van der Waals surface area (Å²) >= 11 is 5.43. The van der Waals surface area contributed by atoms with E-state index >= 15 is 0 Å². The van der Waals surface area contributed by atoms with Crippen molar-refractivity contribution in [2.75, 3.05) is 0 Å². The minimum Gasteiger partial charge on any atom is -0.386 e. The SMILES string of the molecule is O=P(O/C(=C/I)c1ccc(Br)cc1)(Oc1ccccc1)Oc1ccccc1. The number of rotatable bonds is 7. The summed E-state index contributed by atoms with van der Waals surface area (Å²) in [6.07, 6.45) is 0. The minimum atomic E-state index is -4.00. The molecule has 3 rings (SSSR count). The van der Waals surface area contributed by atoms with E-state index in [0.717, 1.165) is 10.0 Å². The maximum Gasteiger partial charge on any atom is 0.647 e. The van der Waals surface area contributed by atoms with Gasteiger partial charge in [0.05, 0.1) is 0 Å². The van der Waals surface area contributed by atoms with Gasteiger partial charge in [-0.15, -0.1) is 0 Å². The highest BCUT2D eigenvalue weighted by atomic mass is 127. The standard InChI is InChI=1S/C20H15BrIO4P/c21-17-13-11-16(12-14-17)20(15-22)26-27(23,24-18-7-3-1-4-8-18)25-19-9-5-2-6-10-19/h1-15H/b20-15+. The molecule has 0 aromatic heterocycles. The lowest BCUT2D eigenvalue weighted by atomic mass is 10.2. The molecule has 0 amide bonds. The first-order valence-corrected chi connectivity index (χ1v) is 11.4. The van der Waals surface area contributed by atoms with Gasteiger partial charge < -0.3 is 13.6 Å². The molecule has 7 heteroatoms. The third kappa shape index (κ3) is 5.86. The van der Waals surface area contributed by atoms with Crippen LogP contribution in [0.2, 0.25) is 0 Å². The largest absolute Gasteiger partial charge is 0.647 e. The molecule has 0 saturated heterocycles. The molecule has 0 aliphatic heterocycles. The molecule has 3 aromatic carbocycles. The Labute approximate surface area is 180 Å². The zero-order valence-corrected chi connectivity index (χ0v) is 18.6. The molecule has 0 aliphatic carbocycles. The lowest BCUT2D eigenvalue weighted by Crippen LogP contribution is -2.05. The highest BCUT2D eigenvalue weighted by Gasteiger charge is 2.34. The van der Waals surface area contributed by atoms with Crippen molar-refractivity contribution in [3.63, 3.8) is 0 Å². The molecule has 27 heavy (non-hydrogen) atoms. The van der Waals surface area contributed by atoms with Crippen LogP contribution in [0.5, 0.6) is 11.5 Å². The summed E-state index contributed by atoms with van der Waals surface area (Å²) in [5.74, 6) is 1.17. The van der Waals surface area contributed by atoms with Gasteiger partial charge >= 0.3 is 7.82 Å². The monoisotopic (exact) mass is 556 g/mol. The third-order valence-corrected chi connectivity index (χ3v) is 5.74. The molecular weight excluding hydrogens is 542 g/mol. The van der Waals surface area contributed by atoms with Crippen LogP contribution in [0.3, 0.4) is 0 Å². The lowest BCUT2D eigenvalue weighted by molar-refractivity contribution is 0.285. The average Bonchev–Trinajstić information content (AvgIpc) is 2.68. The van der Waals surface area contributed by atoms with Crippen molar-refractivity contribution >= 4 is 52.1 Å². The normalized spacial score (nSPS) is 11.7. The predicted molar refractivity (Wildman–Crippen MR) is 119 cm³/mol. The van der Waals surface area contributed by atoms with E-state index in [0.29, 0.717) is 17.3 Å². The van der Waals surface area contributed by atoms with Crippen molar-refractivity contribution in [3.8, 4) is 11.5 Å². The summed E-state index contributed by atoms with van der Waals surface area (Å²) in [5, 5.41) is 0. The van der Waals surface area contributed by atoms with Crippen molar-refractivity contribution in [1.82, 2.24) is 0 Å². The number of phosphoric acid groups is 1. The quantitative estimate of drug-likeness (QED) is 0.172. The van der Waals surface area contributed by atoms with Gasteiger partial charge in [0.15, 0.2) is 0 Å². The van der Waals surface area contributed by atoms with E-state index in [1.165, 1.54) is 0 Å². The van der Waals surface area contributed by atoms with Crippen LogP contribution in [0.4, 0.5) is 0 Å². The Hall–Kier alpha value is -1.76. The van der Waals surface area contributed by atoms with Crippen LogP contribution in [0.1, 0.15) is 5.56 Å². The van der Waals surface area contributed by atoms with Gasteiger partial charge in [0, 0.05) is 14.1 Å². The molecule has 3 aromatic rings. The van der Waals surface area contributed by atoms with Gasteiger partial charge in [0.25, 0.3) is 0 Å². The minimum absolute atomic E-state index is 0.387. The second-order valence-corrected chi connectivity index (χ2v) is 8.31. The molecule has 0 radical (unpaired) electrons. The molecule has 138 valence electrons. The molecule has 0 saturated carbocycles. The van der Waals surface area contributed by atoms with E-state index in [1.54, 1.807) is 52.6 Å². The Balaban J connectivity index is 1.90. The smallest absolute Gasteiger partial charge is 0.386 e. The maximum atomic E-state index is 13.4. The zero-order valence-electron chi connectivity index (χ0n) is 14.0. The van der Waals surface area contributed by atoms with Crippen molar-refractivity contribution in [3.05, 3.63) is 99.0 Å². The number of hydrogen-bond acceptors (Lipinski definition) is 4. The number of halogens is 2. The summed E-state index contributed by atoms with van der Waals surface area (Å²) in [5.41, 5.74) is 0.751. The molecule has 0 N–H and O–H groups in total. The summed E-state index contributed by atoms with van der Waals surface area (Å²) in [4.78, 5) is 0. The maximum absolute atomic E-state index is 13.4. The number of phosphoric ester groups is 1. The molecule has 0 bridgehead atoms. The second-order valence-electron chi connectivity index (χ2n) is 5.33. The highest BCUT2D eigenvalue weighted by Crippen LogP contribution is 2.52. The van der Waals surface area contributed by atoms with Gasteiger partial charge in [0.1, 0.15) is 17.3 Å². The summed E-state index contributed by atoms with van der Waals surface area (Å²) in [6.45, 7) is 0. The van der Waals surface area contributed by atoms with Crippen molar-refractivity contribution in [1.29, 1.82) is 0 Å². The van der Waals surface area contributed by atoms with Crippen LogP contribution in [0, 0.1) is 0 Å². The summed E-state index contributed by atoms with van der Waals surface area (Å²) in [6, 6.07) is 25.0. The van der Waals surface area contributed by atoms with E-state index in [1.807, 2.05) is 59.0 Å². The van der Waals surface area contributed by atoms with Gasteiger partial charge in [-0.25, -0.2) is 0 Å². The van der Waals surface area contributed by atoms with Crippen LogP contribution in [0.25, 0.3) is 5.76 Å². The van der Waals surface area contributed by atoms with E-state index in [2.05, 4.69) is 15.9 Å². The molecule has 4 nitrogen and oxygen atoms in total. The Kier molecular flexibility index (Phi) is 6.99. The lowest BCUT2D eigenvalue weighted by Gasteiger charge is -2.20. The first-order valence-electron chi connectivity index (χ1n) is 7.93. The molecular formula is C20H15BrIO4P. The Morgan fingerprint density at radius 3 is 1.74 bits per heavy atom. The van der Waals surface area contributed by atoms with Gasteiger partial charge in [-0.1, -0.05) is 64.5 Å². The molecule has 0 spiro atoms. The van der Waals surface area contributed by atoms with Crippen LogP contribution < -0.4 is 9.05 Å². The van der Waals surface area contributed by atoms with Crippen molar-refractivity contribution in [2.45, 2.75) is 0 Å². The van der Waals surface area contributed by atoms with Crippen LogP contribution in [-0.2, 0) is 9.09 Å². The van der Waals surface area contributed by atoms with E-state index in [9.17, 15) is 4.57 Å². The van der Waals surface area contributed by atoms with E-state index in [4.69, 9.17) is 13.6 Å². The molecule has 0 fully saturated rings. The molecule has 0 unspecified atom stereocenters. The van der Waals surface area contributed by atoms with Gasteiger partial charge in [-0.2, -0.15) is 4.57 Å². The Morgan fingerprint density at radius 1 is 0.815 bits per heavy atom. The summed E-state index contributed by atoms with van der Waals surface area (Å²) < 4.78 is 33.1. The van der Waals surface area contributed by atoms with Crippen LogP contribution in [0.15, 0.2) is 93.5 Å². The number of hydrogen-bond donors (Lipinski definition) is 0. The molecule has 0 atom stereocenters. The topological polar surface area (TPSA) is 44.8 Å². The highest BCUT2D eigenvalue weighted by molar-refractivity contribution is 14.1. The fraction of sp³-hybridized carbons (Fsp3) is 0. The Morgan fingerprint density at radius 2 is 1.30 bits per heavy atom. The van der Waals surface area contributed by atoms with Gasteiger partial charge in [-0.05, 0) is 59.0 Å². The van der Waals surface area contributed by atoms with Crippen molar-refractivity contribution in [2.24, 2.45) is 0 Å². The first kappa shape index (κ1) is 20.0. The fourth-order valence-electron chi connectivity index (χ4n) is 2.15. The van der Waals surface area contributed by atoms with Gasteiger partial charge in [-0.3, -0.25) is 0 Å². The fourth-order valence-corrected chi connectivity index (χ4v) is 4.37. The third-order valence-electron chi connectivity index (χ3n) is 3.36. The van der Waals surface area contributed by atoms with E-state index in [-0.39, 0.29) is 0 Å². The number of benzene rings is 3. The zero-order chi connectivity index (χ0) is 19.1. The number of para-hydroxylation sites is 2.